The van der Waals surface area contributed by atoms with Gasteiger partial charge in [-0.2, -0.15) is 0 Å². The SMILES string of the molecule is CC1=C[C@H](c2ccccc2)[C@@H](c2ccccc2)C=C1C. The average molecular weight is 260 g/mol. The minimum Gasteiger partial charge on any atom is -0.0729 e. The number of hydrogen-bond donors (Lipinski definition) is 0. The van der Waals surface area contributed by atoms with Crippen molar-refractivity contribution in [1.82, 2.24) is 0 Å². The predicted octanol–water partition coefficient (Wildman–Crippen LogP) is 5.46. The maximum atomic E-state index is 2.42. The van der Waals surface area contributed by atoms with E-state index in [1.807, 2.05) is 0 Å². The van der Waals surface area contributed by atoms with Crippen LogP contribution < -0.4 is 0 Å². The Morgan fingerprint density at radius 1 is 0.550 bits per heavy atom. The van der Waals surface area contributed by atoms with Gasteiger partial charge in [0.05, 0.1) is 0 Å². The van der Waals surface area contributed by atoms with E-state index in [1.54, 1.807) is 0 Å². The van der Waals surface area contributed by atoms with Gasteiger partial charge in [-0.05, 0) is 25.0 Å². The molecule has 0 N–H and O–H groups in total. The fourth-order valence-electron chi connectivity index (χ4n) is 2.97. The molecule has 0 heterocycles. The minimum atomic E-state index is 0.433. The first-order chi connectivity index (χ1) is 9.75. The lowest BCUT2D eigenvalue weighted by Crippen LogP contribution is -2.12. The van der Waals surface area contributed by atoms with Crippen molar-refractivity contribution in [2.45, 2.75) is 25.7 Å². The van der Waals surface area contributed by atoms with Crippen molar-refractivity contribution in [3.05, 3.63) is 95.1 Å². The number of hydrogen-bond acceptors (Lipinski definition) is 0. The van der Waals surface area contributed by atoms with Gasteiger partial charge in [0.15, 0.2) is 0 Å². The highest BCUT2D eigenvalue weighted by atomic mass is 14.3. The van der Waals surface area contributed by atoms with E-state index >= 15 is 0 Å². The Hall–Kier alpha value is -2.08. The van der Waals surface area contributed by atoms with Gasteiger partial charge in [-0.15, -0.1) is 0 Å². The lowest BCUT2D eigenvalue weighted by atomic mass is 9.75. The normalized spacial score (nSPS) is 22.1. The van der Waals surface area contributed by atoms with Gasteiger partial charge in [-0.1, -0.05) is 84.0 Å². The van der Waals surface area contributed by atoms with Crippen molar-refractivity contribution in [3.8, 4) is 0 Å². The largest absolute Gasteiger partial charge is 0.0729 e. The molecule has 2 aromatic carbocycles. The Morgan fingerprint density at radius 2 is 0.900 bits per heavy atom. The molecule has 0 spiro atoms. The molecule has 0 saturated heterocycles. The third-order valence-corrected chi connectivity index (χ3v) is 4.24. The maximum Gasteiger partial charge on any atom is 0.0127 e. The van der Waals surface area contributed by atoms with E-state index in [4.69, 9.17) is 0 Å². The van der Waals surface area contributed by atoms with Crippen LogP contribution in [0.5, 0.6) is 0 Å². The Kier molecular flexibility index (Phi) is 3.56. The molecular weight excluding hydrogens is 240 g/mol. The fraction of sp³-hybridized carbons (Fsp3) is 0.200. The van der Waals surface area contributed by atoms with Crippen molar-refractivity contribution in [2.75, 3.05) is 0 Å². The van der Waals surface area contributed by atoms with Crippen molar-refractivity contribution < 1.29 is 0 Å². The van der Waals surface area contributed by atoms with Crippen LogP contribution in [0.25, 0.3) is 0 Å². The van der Waals surface area contributed by atoms with Crippen LogP contribution >= 0.6 is 0 Å². The summed E-state index contributed by atoms with van der Waals surface area (Å²) in [6, 6.07) is 21.6. The van der Waals surface area contributed by atoms with E-state index < -0.39 is 0 Å². The maximum absolute atomic E-state index is 2.42. The molecule has 0 saturated carbocycles. The monoisotopic (exact) mass is 260 g/mol. The second-order valence-electron chi connectivity index (χ2n) is 5.57. The van der Waals surface area contributed by atoms with E-state index in [0.717, 1.165) is 0 Å². The molecule has 0 radical (unpaired) electrons. The van der Waals surface area contributed by atoms with E-state index in [0.29, 0.717) is 11.8 Å². The summed E-state index contributed by atoms with van der Waals surface area (Å²) < 4.78 is 0. The van der Waals surface area contributed by atoms with Gasteiger partial charge in [-0.25, -0.2) is 0 Å². The number of benzene rings is 2. The van der Waals surface area contributed by atoms with Crippen LogP contribution in [0.15, 0.2) is 84.0 Å². The second-order valence-corrected chi connectivity index (χ2v) is 5.57. The summed E-state index contributed by atoms with van der Waals surface area (Å²) in [6.07, 6.45) is 4.84. The van der Waals surface area contributed by atoms with E-state index in [-0.39, 0.29) is 0 Å². The van der Waals surface area contributed by atoms with Crippen LogP contribution in [-0.2, 0) is 0 Å². The summed E-state index contributed by atoms with van der Waals surface area (Å²) in [5, 5.41) is 0. The molecule has 0 heteroatoms. The highest BCUT2D eigenvalue weighted by Gasteiger charge is 2.24. The van der Waals surface area contributed by atoms with Crippen LogP contribution in [-0.4, -0.2) is 0 Å². The third-order valence-electron chi connectivity index (χ3n) is 4.24. The highest BCUT2D eigenvalue weighted by molar-refractivity contribution is 5.45. The number of allylic oxidation sites excluding steroid dienone is 4. The van der Waals surface area contributed by atoms with Crippen molar-refractivity contribution in [1.29, 1.82) is 0 Å². The molecule has 3 rings (SSSR count). The summed E-state index contributed by atoms with van der Waals surface area (Å²) >= 11 is 0. The average Bonchev–Trinajstić information content (AvgIpc) is 2.51. The van der Waals surface area contributed by atoms with Crippen LogP contribution in [0.1, 0.15) is 36.8 Å². The van der Waals surface area contributed by atoms with Crippen molar-refractivity contribution in [2.24, 2.45) is 0 Å². The van der Waals surface area contributed by atoms with Gasteiger partial charge in [0, 0.05) is 11.8 Å². The first-order valence-corrected chi connectivity index (χ1v) is 7.23. The first-order valence-electron chi connectivity index (χ1n) is 7.23. The molecule has 20 heavy (non-hydrogen) atoms. The Bertz CT molecular complexity index is 573. The Labute approximate surface area is 121 Å². The standard InChI is InChI=1S/C20H20/c1-15-13-19(17-9-5-3-6-10-17)20(14-16(15)2)18-11-7-4-8-12-18/h3-14,19-20H,1-2H3/t19-,20-/m1/s1. The molecule has 0 nitrogen and oxygen atoms in total. The lowest BCUT2D eigenvalue weighted by Gasteiger charge is -2.28. The summed E-state index contributed by atoms with van der Waals surface area (Å²) in [4.78, 5) is 0. The molecule has 2 aromatic rings. The van der Waals surface area contributed by atoms with Gasteiger partial charge in [0.2, 0.25) is 0 Å². The van der Waals surface area contributed by atoms with Crippen LogP contribution in [0.2, 0.25) is 0 Å². The van der Waals surface area contributed by atoms with Gasteiger partial charge in [0.1, 0.15) is 0 Å². The van der Waals surface area contributed by atoms with Crippen molar-refractivity contribution >= 4 is 0 Å². The lowest BCUT2D eigenvalue weighted by molar-refractivity contribution is 0.715. The summed E-state index contributed by atoms with van der Waals surface area (Å²) in [6.45, 7) is 4.42. The smallest absolute Gasteiger partial charge is 0.0127 e. The molecule has 0 unspecified atom stereocenters. The fourth-order valence-corrected chi connectivity index (χ4v) is 2.97. The van der Waals surface area contributed by atoms with Gasteiger partial charge >= 0.3 is 0 Å². The summed E-state index contributed by atoms with van der Waals surface area (Å²) in [5.41, 5.74) is 5.57. The molecular formula is C20H20. The van der Waals surface area contributed by atoms with E-state index in [1.165, 1.54) is 22.3 Å². The summed E-state index contributed by atoms with van der Waals surface area (Å²) in [5.74, 6) is 0.865. The van der Waals surface area contributed by atoms with E-state index in [2.05, 4.69) is 86.7 Å². The van der Waals surface area contributed by atoms with Gasteiger partial charge < -0.3 is 0 Å². The van der Waals surface area contributed by atoms with Gasteiger partial charge in [0.25, 0.3) is 0 Å². The Morgan fingerprint density at radius 3 is 1.25 bits per heavy atom. The zero-order chi connectivity index (χ0) is 13.9. The van der Waals surface area contributed by atoms with Gasteiger partial charge in [-0.3, -0.25) is 0 Å². The summed E-state index contributed by atoms with van der Waals surface area (Å²) in [7, 11) is 0. The molecule has 0 bridgehead atoms. The van der Waals surface area contributed by atoms with Crippen LogP contribution in [0.4, 0.5) is 0 Å². The van der Waals surface area contributed by atoms with Crippen molar-refractivity contribution in [3.63, 3.8) is 0 Å². The predicted molar refractivity (Wildman–Crippen MR) is 85.9 cm³/mol. The zero-order valence-corrected chi connectivity index (χ0v) is 12.1. The first kappa shape index (κ1) is 12.9. The molecule has 0 fully saturated rings. The Balaban J connectivity index is 2.06. The molecule has 0 amide bonds. The molecule has 100 valence electrons. The highest BCUT2D eigenvalue weighted by Crippen LogP contribution is 2.40. The quantitative estimate of drug-likeness (QED) is 0.672. The molecule has 1 aliphatic rings. The van der Waals surface area contributed by atoms with Crippen LogP contribution in [0.3, 0.4) is 0 Å². The van der Waals surface area contributed by atoms with Crippen LogP contribution in [0, 0.1) is 0 Å². The zero-order valence-electron chi connectivity index (χ0n) is 12.1. The molecule has 2 atom stereocenters. The topological polar surface area (TPSA) is 0 Å². The molecule has 1 aliphatic carbocycles. The second kappa shape index (κ2) is 5.50. The third kappa shape index (κ3) is 2.46. The van der Waals surface area contributed by atoms with E-state index in [9.17, 15) is 0 Å². The molecule has 0 aliphatic heterocycles. The number of rotatable bonds is 2. The minimum absolute atomic E-state index is 0.433. The molecule has 0 aromatic heterocycles.